The summed E-state index contributed by atoms with van der Waals surface area (Å²) in [4.78, 5) is 0. The summed E-state index contributed by atoms with van der Waals surface area (Å²) in [6.07, 6.45) is 10.7. The fourth-order valence-electron chi connectivity index (χ4n) is 9.64. The van der Waals surface area contributed by atoms with Gasteiger partial charge in [-0.2, -0.15) is 0 Å². The summed E-state index contributed by atoms with van der Waals surface area (Å²) in [7, 11) is 0. The average Bonchev–Trinajstić information content (AvgIpc) is 3.18. The van der Waals surface area contributed by atoms with E-state index in [1.807, 2.05) is 6.08 Å². The van der Waals surface area contributed by atoms with Crippen molar-refractivity contribution >= 4 is 71.5 Å². The van der Waals surface area contributed by atoms with Crippen molar-refractivity contribution in [2.75, 3.05) is 0 Å². The van der Waals surface area contributed by atoms with E-state index in [2.05, 4.69) is 186 Å². The average molecular weight is 703 g/mol. The lowest BCUT2D eigenvalue weighted by molar-refractivity contribution is 1.31. The molecule has 1 heteroatoms. The molecular formula is C54H43B. The molecule has 0 saturated carbocycles. The molecule has 0 spiro atoms. The predicted molar refractivity (Wildman–Crippen MR) is 243 cm³/mol. The van der Waals surface area contributed by atoms with Crippen molar-refractivity contribution in [1.29, 1.82) is 0 Å². The molecule has 0 atom stereocenters. The van der Waals surface area contributed by atoms with Gasteiger partial charge in [-0.05, 0) is 129 Å². The van der Waals surface area contributed by atoms with E-state index in [-0.39, 0.29) is 6.71 Å². The van der Waals surface area contributed by atoms with Crippen LogP contribution in [0, 0.1) is 33.1 Å². The highest BCUT2D eigenvalue weighted by atomic mass is 14.2. The molecule has 0 aliphatic rings. The molecule has 9 rings (SSSR count). The first-order valence-electron chi connectivity index (χ1n) is 19.4. The second-order valence-corrected chi connectivity index (χ2v) is 15.5. The summed E-state index contributed by atoms with van der Waals surface area (Å²) >= 11 is 0. The maximum absolute atomic E-state index is 5.71. The zero-order valence-electron chi connectivity index (χ0n) is 32.3. The SMILES string of the molecule is C#C/C=C(C)\C=C(\C)CB(c1c(C)cc(C)cc1C)c1cc(-c2cccc3ccccc23)c2ccc3ccc(-c4cccc5ccccc45)c4ccc1c2c34. The van der Waals surface area contributed by atoms with Gasteiger partial charge in [0.15, 0.2) is 0 Å². The second-order valence-electron chi connectivity index (χ2n) is 15.5. The van der Waals surface area contributed by atoms with Gasteiger partial charge in [-0.1, -0.05) is 185 Å². The van der Waals surface area contributed by atoms with E-state index in [1.165, 1.54) is 109 Å². The number of terminal acetylenes is 1. The molecule has 0 amide bonds. The van der Waals surface area contributed by atoms with Crippen LogP contribution >= 0.6 is 0 Å². The molecule has 0 heterocycles. The van der Waals surface area contributed by atoms with Gasteiger partial charge in [-0.3, -0.25) is 0 Å². The Morgan fingerprint density at radius 2 is 1.09 bits per heavy atom. The summed E-state index contributed by atoms with van der Waals surface area (Å²) in [5, 5.41) is 12.9. The third kappa shape index (κ3) is 5.91. The first-order valence-corrected chi connectivity index (χ1v) is 19.4. The molecule has 55 heavy (non-hydrogen) atoms. The van der Waals surface area contributed by atoms with E-state index in [1.54, 1.807) is 0 Å². The molecule has 0 aliphatic carbocycles. The molecule has 0 aromatic heterocycles. The highest BCUT2D eigenvalue weighted by Gasteiger charge is 2.28. The summed E-state index contributed by atoms with van der Waals surface area (Å²) in [5.74, 6) is 2.73. The van der Waals surface area contributed by atoms with Gasteiger partial charge in [0.1, 0.15) is 0 Å². The van der Waals surface area contributed by atoms with Crippen molar-refractivity contribution in [3.8, 4) is 34.6 Å². The van der Waals surface area contributed by atoms with Crippen molar-refractivity contribution in [1.82, 2.24) is 0 Å². The molecule has 0 unspecified atom stereocenters. The Hall–Kier alpha value is -6.36. The standard InChI is InChI=1S/C54H43B/c1-7-14-34(2)29-36(4)33-55(54-37(5)30-35(3)31-38(54)6)51-32-50(45-22-13-18-40-16-9-11-20-43(40)45)48-26-24-41-23-25-46(47-27-28-49(51)53(48)52(41)47)44-21-12-17-39-15-8-10-19-42(39)44/h1,8-32H,33H2,2-6H3/b34-14-,36-29-. The third-order valence-corrected chi connectivity index (χ3v) is 11.7. The Morgan fingerprint density at radius 1 is 0.545 bits per heavy atom. The van der Waals surface area contributed by atoms with Crippen LogP contribution in [0.1, 0.15) is 30.5 Å². The van der Waals surface area contributed by atoms with E-state index in [9.17, 15) is 0 Å². The monoisotopic (exact) mass is 702 g/mol. The van der Waals surface area contributed by atoms with Crippen LogP contribution in [0.25, 0.3) is 76.1 Å². The summed E-state index contributed by atoms with van der Waals surface area (Å²) < 4.78 is 0. The minimum absolute atomic E-state index is 0.117. The second kappa shape index (κ2) is 13.8. The Morgan fingerprint density at radius 3 is 1.76 bits per heavy atom. The molecule has 0 radical (unpaired) electrons. The van der Waals surface area contributed by atoms with Crippen LogP contribution in [0.2, 0.25) is 6.32 Å². The van der Waals surface area contributed by atoms with Crippen LogP contribution in [-0.2, 0) is 0 Å². The van der Waals surface area contributed by atoms with Crippen molar-refractivity contribution < 1.29 is 0 Å². The minimum atomic E-state index is 0.117. The first kappa shape index (κ1) is 34.4. The Kier molecular flexibility index (Phi) is 8.64. The van der Waals surface area contributed by atoms with Crippen LogP contribution in [0.3, 0.4) is 0 Å². The lowest BCUT2D eigenvalue weighted by Crippen LogP contribution is -2.45. The smallest absolute Gasteiger partial charge is 0.115 e. The van der Waals surface area contributed by atoms with Crippen molar-refractivity contribution in [3.05, 3.63) is 180 Å². The molecule has 9 aromatic carbocycles. The molecule has 0 saturated heterocycles. The number of fused-ring (bicyclic) bond motifs is 2. The lowest BCUT2D eigenvalue weighted by Gasteiger charge is -2.26. The third-order valence-electron chi connectivity index (χ3n) is 11.7. The maximum Gasteiger partial charge on any atom is 0.214 e. The normalized spacial score (nSPS) is 12.4. The Bertz CT molecular complexity index is 3040. The summed E-state index contributed by atoms with van der Waals surface area (Å²) in [6, 6.07) is 52.5. The van der Waals surface area contributed by atoms with Crippen molar-refractivity contribution in [3.63, 3.8) is 0 Å². The highest BCUT2D eigenvalue weighted by molar-refractivity contribution is 6.88. The van der Waals surface area contributed by atoms with Gasteiger partial charge < -0.3 is 0 Å². The molecule has 0 aliphatic heterocycles. The van der Waals surface area contributed by atoms with Gasteiger partial charge >= 0.3 is 0 Å². The molecule has 0 fully saturated rings. The molecule has 262 valence electrons. The number of allylic oxidation sites excluding steroid dienone is 4. The van der Waals surface area contributed by atoms with Gasteiger partial charge in [0.2, 0.25) is 6.71 Å². The van der Waals surface area contributed by atoms with E-state index in [0.717, 1.165) is 11.9 Å². The van der Waals surface area contributed by atoms with E-state index in [4.69, 9.17) is 6.42 Å². The zero-order valence-corrected chi connectivity index (χ0v) is 32.3. The Labute approximate surface area is 325 Å². The quantitative estimate of drug-likeness (QED) is 0.0671. The number of hydrogen-bond acceptors (Lipinski definition) is 0. The summed E-state index contributed by atoms with van der Waals surface area (Å²) in [5.41, 5.74) is 14.2. The maximum atomic E-state index is 5.71. The lowest BCUT2D eigenvalue weighted by atomic mass is 9.35. The van der Waals surface area contributed by atoms with Crippen LogP contribution in [0.5, 0.6) is 0 Å². The Balaban J connectivity index is 1.42. The van der Waals surface area contributed by atoms with Crippen LogP contribution in [-0.4, -0.2) is 6.71 Å². The number of hydrogen-bond donors (Lipinski definition) is 0. The van der Waals surface area contributed by atoms with Gasteiger partial charge in [0, 0.05) is 0 Å². The largest absolute Gasteiger partial charge is 0.214 e. The molecule has 0 nitrogen and oxygen atoms in total. The van der Waals surface area contributed by atoms with E-state index in [0.29, 0.717) is 0 Å². The minimum Gasteiger partial charge on any atom is -0.115 e. The fourth-order valence-corrected chi connectivity index (χ4v) is 9.64. The van der Waals surface area contributed by atoms with Crippen LogP contribution in [0.15, 0.2) is 163 Å². The number of aryl methyl sites for hydroxylation is 3. The number of benzene rings is 9. The van der Waals surface area contributed by atoms with Gasteiger partial charge in [-0.25, -0.2) is 0 Å². The van der Waals surface area contributed by atoms with Gasteiger partial charge in [-0.15, -0.1) is 6.42 Å². The molecule has 9 aromatic rings. The van der Waals surface area contributed by atoms with Crippen LogP contribution in [0.4, 0.5) is 0 Å². The predicted octanol–water partition coefficient (Wildman–Crippen LogP) is 13.3. The summed E-state index contributed by atoms with van der Waals surface area (Å²) in [6.45, 7) is 11.3. The molecular weight excluding hydrogens is 659 g/mol. The molecule has 0 bridgehead atoms. The van der Waals surface area contributed by atoms with Crippen molar-refractivity contribution in [2.24, 2.45) is 0 Å². The van der Waals surface area contributed by atoms with Crippen LogP contribution < -0.4 is 10.9 Å². The fraction of sp³-hybridized carbons (Fsp3) is 0.111. The van der Waals surface area contributed by atoms with E-state index < -0.39 is 0 Å². The zero-order chi connectivity index (χ0) is 37.8. The molecule has 0 N–H and O–H groups in total. The van der Waals surface area contributed by atoms with Gasteiger partial charge in [0.25, 0.3) is 0 Å². The van der Waals surface area contributed by atoms with E-state index >= 15 is 0 Å². The number of rotatable bonds is 7. The topological polar surface area (TPSA) is 0 Å². The van der Waals surface area contributed by atoms with Crippen molar-refractivity contribution in [2.45, 2.75) is 40.9 Å². The highest BCUT2D eigenvalue weighted by Crippen LogP contribution is 2.44. The first-order chi connectivity index (χ1) is 26.8. The van der Waals surface area contributed by atoms with Gasteiger partial charge in [0.05, 0.1) is 0 Å².